The highest BCUT2D eigenvalue weighted by Crippen LogP contribution is 2.27. The molecule has 0 aromatic rings. The Balaban J connectivity index is 0.00000289. The molecule has 6 heteroatoms. The largest absolute Gasteiger partial charge is 0.382 e. The molecule has 0 radical (unpaired) electrons. The van der Waals surface area contributed by atoms with Crippen LogP contribution in [0, 0.1) is 5.41 Å². The fourth-order valence-electron chi connectivity index (χ4n) is 1.98. The third kappa shape index (κ3) is 5.10. The topological polar surface area (TPSA) is 64.8 Å². The number of piperidine rings is 1. The van der Waals surface area contributed by atoms with Crippen molar-refractivity contribution in [1.29, 1.82) is 0 Å². The van der Waals surface area contributed by atoms with Gasteiger partial charge in [0.15, 0.2) is 0 Å². The fourth-order valence-corrected chi connectivity index (χ4v) is 1.98. The third-order valence-electron chi connectivity index (χ3n) is 3.32. The summed E-state index contributed by atoms with van der Waals surface area (Å²) in [5.74, 6) is 0.0427. The number of nitrogens with two attached hydrogens (primary N) is 1. The van der Waals surface area contributed by atoms with Crippen LogP contribution in [0.1, 0.15) is 20.3 Å². The predicted octanol–water partition coefficient (Wildman–Crippen LogP) is 0.657. The van der Waals surface area contributed by atoms with Crippen LogP contribution in [0.5, 0.6) is 0 Å². The van der Waals surface area contributed by atoms with E-state index in [-0.39, 0.29) is 36.4 Å². The molecule has 0 aromatic carbocycles. The maximum Gasteiger partial charge on any atom is 0.248 e. The van der Waals surface area contributed by atoms with E-state index >= 15 is 0 Å². The normalized spacial score (nSPS) is 22.4. The number of carbonyl (C=O) groups is 1. The SMILES string of the molecule is COCCOCC(=O)N1CCC(N)C(C)(C)C1.Cl. The molecule has 0 saturated carbocycles. The van der Waals surface area contributed by atoms with Crippen molar-refractivity contribution in [2.75, 3.05) is 40.0 Å². The Hall–Kier alpha value is -0.360. The van der Waals surface area contributed by atoms with E-state index < -0.39 is 0 Å². The first-order chi connectivity index (χ1) is 7.97. The van der Waals surface area contributed by atoms with E-state index in [4.69, 9.17) is 15.2 Å². The molecule has 18 heavy (non-hydrogen) atoms. The number of amides is 1. The predicted molar refractivity (Wildman–Crippen MR) is 72.9 cm³/mol. The highest BCUT2D eigenvalue weighted by Gasteiger charge is 2.35. The summed E-state index contributed by atoms with van der Waals surface area (Å²) in [7, 11) is 1.61. The average molecular weight is 281 g/mol. The summed E-state index contributed by atoms with van der Waals surface area (Å²) in [5.41, 5.74) is 6.02. The Labute approximate surface area is 115 Å². The average Bonchev–Trinajstić information content (AvgIpc) is 2.28. The van der Waals surface area contributed by atoms with Crippen LogP contribution in [-0.4, -0.2) is 56.9 Å². The number of nitrogens with zero attached hydrogens (tertiary/aromatic N) is 1. The van der Waals surface area contributed by atoms with Crippen molar-refractivity contribution in [3.63, 3.8) is 0 Å². The maximum atomic E-state index is 11.9. The number of methoxy groups -OCH3 is 1. The molecule has 1 fully saturated rings. The minimum absolute atomic E-state index is 0. The monoisotopic (exact) mass is 280 g/mol. The quantitative estimate of drug-likeness (QED) is 0.752. The second-order valence-corrected chi connectivity index (χ2v) is 5.24. The van der Waals surface area contributed by atoms with E-state index in [1.54, 1.807) is 7.11 Å². The molecule has 0 spiro atoms. The third-order valence-corrected chi connectivity index (χ3v) is 3.32. The van der Waals surface area contributed by atoms with Gasteiger partial charge in [-0.1, -0.05) is 13.8 Å². The molecule has 1 saturated heterocycles. The maximum absolute atomic E-state index is 11.9. The van der Waals surface area contributed by atoms with Crippen LogP contribution in [0.2, 0.25) is 0 Å². The molecule has 1 atom stereocenters. The molecular weight excluding hydrogens is 256 g/mol. The lowest BCUT2D eigenvalue weighted by Gasteiger charge is -2.42. The number of halogens is 1. The van der Waals surface area contributed by atoms with Gasteiger partial charge < -0.3 is 20.1 Å². The van der Waals surface area contributed by atoms with Crippen LogP contribution in [0.25, 0.3) is 0 Å². The van der Waals surface area contributed by atoms with Crippen LogP contribution in [0.15, 0.2) is 0 Å². The van der Waals surface area contributed by atoms with E-state index in [9.17, 15) is 4.79 Å². The summed E-state index contributed by atoms with van der Waals surface area (Å²) in [6, 6.07) is 0.168. The number of carbonyl (C=O) groups excluding carboxylic acids is 1. The number of ether oxygens (including phenoxy) is 2. The van der Waals surface area contributed by atoms with Gasteiger partial charge >= 0.3 is 0 Å². The second kappa shape index (κ2) is 7.94. The van der Waals surface area contributed by atoms with Gasteiger partial charge in [0.25, 0.3) is 0 Å². The number of likely N-dealkylation sites (tertiary alicyclic amines) is 1. The molecule has 0 bridgehead atoms. The fraction of sp³-hybridized carbons (Fsp3) is 0.917. The zero-order chi connectivity index (χ0) is 12.9. The highest BCUT2D eigenvalue weighted by molar-refractivity contribution is 5.85. The molecule has 1 aliphatic rings. The lowest BCUT2D eigenvalue weighted by Crippen LogP contribution is -2.54. The molecule has 1 aliphatic heterocycles. The Morgan fingerprint density at radius 3 is 2.67 bits per heavy atom. The number of hydrogen-bond donors (Lipinski definition) is 1. The Bertz CT molecular complexity index is 262. The van der Waals surface area contributed by atoms with Crippen molar-refractivity contribution in [1.82, 2.24) is 4.90 Å². The lowest BCUT2D eigenvalue weighted by atomic mass is 9.80. The summed E-state index contributed by atoms with van der Waals surface area (Å²) >= 11 is 0. The van der Waals surface area contributed by atoms with E-state index in [1.165, 1.54) is 0 Å². The van der Waals surface area contributed by atoms with Gasteiger partial charge in [-0.15, -0.1) is 12.4 Å². The summed E-state index contributed by atoms with van der Waals surface area (Å²) in [6.07, 6.45) is 0.858. The van der Waals surface area contributed by atoms with Crippen LogP contribution in [0.3, 0.4) is 0 Å². The van der Waals surface area contributed by atoms with Crippen molar-refractivity contribution >= 4 is 18.3 Å². The number of hydrogen-bond acceptors (Lipinski definition) is 4. The highest BCUT2D eigenvalue weighted by atomic mass is 35.5. The van der Waals surface area contributed by atoms with Gasteiger partial charge in [-0.25, -0.2) is 0 Å². The van der Waals surface area contributed by atoms with Gasteiger partial charge in [0.05, 0.1) is 13.2 Å². The van der Waals surface area contributed by atoms with E-state index in [0.29, 0.717) is 19.8 Å². The van der Waals surface area contributed by atoms with Gasteiger partial charge in [0.2, 0.25) is 5.91 Å². The molecule has 2 N–H and O–H groups in total. The zero-order valence-electron chi connectivity index (χ0n) is 11.5. The standard InChI is InChI=1S/C12H24N2O3.ClH/c1-12(2)9-14(5-4-10(12)13)11(15)8-17-7-6-16-3;/h10H,4-9,13H2,1-3H3;1H. The molecule has 5 nitrogen and oxygen atoms in total. The van der Waals surface area contributed by atoms with Crippen molar-refractivity contribution < 1.29 is 14.3 Å². The first kappa shape index (κ1) is 17.6. The summed E-state index contributed by atoms with van der Waals surface area (Å²) < 4.78 is 10.1. The van der Waals surface area contributed by atoms with Crippen molar-refractivity contribution in [3.05, 3.63) is 0 Å². The Kier molecular flexibility index (Phi) is 7.78. The Morgan fingerprint density at radius 2 is 2.11 bits per heavy atom. The minimum Gasteiger partial charge on any atom is -0.382 e. The second-order valence-electron chi connectivity index (χ2n) is 5.24. The molecular formula is C12H25ClN2O3. The molecule has 1 amide bonds. The van der Waals surface area contributed by atoms with E-state index in [0.717, 1.165) is 13.0 Å². The first-order valence-electron chi connectivity index (χ1n) is 6.07. The van der Waals surface area contributed by atoms with Crippen molar-refractivity contribution in [2.24, 2.45) is 11.1 Å². The molecule has 0 aliphatic carbocycles. The zero-order valence-corrected chi connectivity index (χ0v) is 12.3. The van der Waals surface area contributed by atoms with Gasteiger partial charge in [0, 0.05) is 26.2 Å². The summed E-state index contributed by atoms with van der Waals surface area (Å²) in [4.78, 5) is 13.7. The number of rotatable bonds is 5. The summed E-state index contributed by atoms with van der Waals surface area (Å²) in [5, 5.41) is 0. The van der Waals surface area contributed by atoms with Gasteiger partial charge in [-0.3, -0.25) is 4.79 Å². The molecule has 1 heterocycles. The van der Waals surface area contributed by atoms with Crippen LogP contribution < -0.4 is 5.73 Å². The van der Waals surface area contributed by atoms with E-state index in [1.807, 2.05) is 4.90 Å². The van der Waals surface area contributed by atoms with Gasteiger partial charge in [-0.2, -0.15) is 0 Å². The smallest absolute Gasteiger partial charge is 0.248 e. The van der Waals surface area contributed by atoms with Crippen LogP contribution in [0.4, 0.5) is 0 Å². The van der Waals surface area contributed by atoms with Crippen LogP contribution >= 0.6 is 12.4 Å². The minimum atomic E-state index is -0.0135. The molecule has 108 valence electrons. The Morgan fingerprint density at radius 1 is 1.44 bits per heavy atom. The lowest BCUT2D eigenvalue weighted by molar-refractivity contribution is -0.140. The summed E-state index contributed by atoms with van der Waals surface area (Å²) in [6.45, 7) is 6.75. The van der Waals surface area contributed by atoms with Crippen molar-refractivity contribution in [2.45, 2.75) is 26.3 Å². The van der Waals surface area contributed by atoms with Gasteiger partial charge in [0.1, 0.15) is 6.61 Å². The molecule has 0 aromatic heterocycles. The van der Waals surface area contributed by atoms with Crippen LogP contribution in [-0.2, 0) is 14.3 Å². The first-order valence-corrected chi connectivity index (χ1v) is 6.07. The van der Waals surface area contributed by atoms with E-state index in [2.05, 4.69) is 13.8 Å². The van der Waals surface area contributed by atoms with Gasteiger partial charge in [-0.05, 0) is 11.8 Å². The van der Waals surface area contributed by atoms with Crippen molar-refractivity contribution in [3.8, 4) is 0 Å². The molecule has 1 rings (SSSR count). The molecule has 1 unspecified atom stereocenters.